The van der Waals surface area contributed by atoms with E-state index < -0.39 is 0 Å². The topological polar surface area (TPSA) is 34.4 Å². The summed E-state index contributed by atoms with van der Waals surface area (Å²) < 4.78 is 12.3. The van der Waals surface area contributed by atoms with Crippen LogP contribution in [0.2, 0.25) is 0 Å². The van der Waals surface area contributed by atoms with Gasteiger partial charge >= 0.3 is 0 Å². The third-order valence-corrected chi connectivity index (χ3v) is 4.58. The monoisotopic (exact) mass is 391 g/mol. The fraction of sp³-hybridized carbons (Fsp3) is 0.429. The zero-order chi connectivity index (χ0) is 13.7. The molecule has 1 atom stereocenters. The molecule has 0 aliphatic carbocycles. The molecule has 0 radical (unpaired) electrons. The number of nitrogens with one attached hydrogen (secondary N) is 1. The molecule has 0 aliphatic heterocycles. The van der Waals surface area contributed by atoms with Gasteiger partial charge in [-0.25, -0.2) is 0 Å². The minimum atomic E-state index is 0.130. The van der Waals surface area contributed by atoms with Crippen LogP contribution in [0.5, 0.6) is 0 Å². The standard InChI is InChI=1S/C14H18INO2S/c1-3-6-16-14(10-7-13(15)19-9-10)12-5-4-11(18-12)8-17-2/h4-5,7,9,14,16H,3,6,8H2,1-2H3. The van der Waals surface area contributed by atoms with Crippen molar-refractivity contribution in [2.45, 2.75) is 26.0 Å². The maximum atomic E-state index is 5.86. The maximum absolute atomic E-state index is 5.86. The highest BCUT2D eigenvalue weighted by molar-refractivity contribution is 14.1. The molecule has 1 unspecified atom stereocenters. The predicted octanol–water partition coefficient (Wildman–Crippen LogP) is 4.18. The van der Waals surface area contributed by atoms with Gasteiger partial charge in [-0.1, -0.05) is 6.92 Å². The van der Waals surface area contributed by atoms with Gasteiger partial charge in [0.15, 0.2) is 0 Å². The van der Waals surface area contributed by atoms with E-state index in [4.69, 9.17) is 9.15 Å². The van der Waals surface area contributed by atoms with E-state index in [0.29, 0.717) is 6.61 Å². The van der Waals surface area contributed by atoms with E-state index >= 15 is 0 Å². The molecule has 2 rings (SSSR count). The fourth-order valence-electron chi connectivity index (χ4n) is 1.92. The van der Waals surface area contributed by atoms with Crippen LogP contribution in [0.25, 0.3) is 0 Å². The normalized spacial score (nSPS) is 12.8. The first-order chi connectivity index (χ1) is 9.24. The predicted molar refractivity (Wildman–Crippen MR) is 86.6 cm³/mol. The van der Waals surface area contributed by atoms with Gasteiger partial charge in [0.05, 0.1) is 8.93 Å². The molecular weight excluding hydrogens is 373 g/mol. The number of hydrogen-bond acceptors (Lipinski definition) is 4. The Morgan fingerprint density at radius 2 is 2.32 bits per heavy atom. The lowest BCUT2D eigenvalue weighted by Crippen LogP contribution is -2.22. The van der Waals surface area contributed by atoms with Gasteiger partial charge in [0.25, 0.3) is 0 Å². The molecule has 0 aliphatic rings. The molecule has 19 heavy (non-hydrogen) atoms. The molecule has 0 saturated carbocycles. The molecule has 1 N–H and O–H groups in total. The highest BCUT2D eigenvalue weighted by atomic mass is 127. The van der Waals surface area contributed by atoms with Crippen molar-refractivity contribution < 1.29 is 9.15 Å². The number of methoxy groups -OCH3 is 1. The minimum Gasteiger partial charge on any atom is -0.462 e. The average molecular weight is 391 g/mol. The highest BCUT2D eigenvalue weighted by Crippen LogP contribution is 2.28. The third-order valence-electron chi connectivity index (χ3n) is 2.77. The van der Waals surface area contributed by atoms with Crippen molar-refractivity contribution in [1.29, 1.82) is 0 Å². The van der Waals surface area contributed by atoms with Crippen molar-refractivity contribution >= 4 is 33.9 Å². The van der Waals surface area contributed by atoms with Crippen LogP contribution < -0.4 is 5.32 Å². The van der Waals surface area contributed by atoms with Crippen LogP contribution in [0.4, 0.5) is 0 Å². The summed E-state index contributed by atoms with van der Waals surface area (Å²) >= 11 is 4.11. The lowest BCUT2D eigenvalue weighted by Gasteiger charge is -2.15. The Kier molecular flexibility index (Phi) is 5.87. The van der Waals surface area contributed by atoms with Gasteiger partial charge in [-0.15, -0.1) is 11.3 Å². The smallest absolute Gasteiger partial charge is 0.129 e. The Labute approximate surface area is 131 Å². The molecular formula is C14H18INO2S. The fourth-order valence-corrected chi connectivity index (χ4v) is 3.31. The van der Waals surface area contributed by atoms with E-state index in [-0.39, 0.29) is 6.04 Å². The van der Waals surface area contributed by atoms with Crippen molar-refractivity contribution in [3.8, 4) is 0 Å². The van der Waals surface area contributed by atoms with Gasteiger partial charge in [-0.3, -0.25) is 0 Å². The molecule has 0 bridgehead atoms. The van der Waals surface area contributed by atoms with Crippen molar-refractivity contribution in [3.05, 3.63) is 43.5 Å². The second kappa shape index (κ2) is 7.42. The Bertz CT molecular complexity index is 509. The first-order valence-electron chi connectivity index (χ1n) is 6.29. The zero-order valence-electron chi connectivity index (χ0n) is 11.1. The van der Waals surface area contributed by atoms with Crippen LogP contribution in [-0.4, -0.2) is 13.7 Å². The van der Waals surface area contributed by atoms with Crippen LogP contribution in [0.15, 0.2) is 28.0 Å². The van der Waals surface area contributed by atoms with Gasteiger partial charge < -0.3 is 14.5 Å². The maximum Gasteiger partial charge on any atom is 0.129 e. The second-order valence-corrected chi connectivity index (χ2v) is 7.11. The first kappa shape index (κ1) is 15.0. The van der Waals surface area contributed by atoms with Gasteiger partial charge in [0.2, 0.25) is 0 Å². The zero-order valence-corrected chi connectivity index (χ0v) is 14.1. The van der Waals surface area contributed by atoms with E-state index in [1.807, 2.05) is 12.1 Å². The van der Waals surface area contributed by atoms with E-state index in [1.54, 1.807) is 18.4 Å². The van der Waals surface area contributed by atoms with Crippen molar-refractivity contribution in [2.75, 3.05) is 13.7 Å². The summed E-state index contributed by atoms with van der Waals surface area (Å²) in [5, 5.41) is 5.73. The summed E-state index contributed by atoms with van der Waals surface area (Å²) in [7, 11) is 1.68. The van der Waals surface area contributed by atoms with Crippen LogP contribution in [0.1, 0.15) is 36.5 Å². The third kappa shape index (κ3) is 4.05. The van der Waals surface area contributed by atoms with Gasteiger partial charge in [-0.2, -0.15) is 0 Å². The number of thiophene rings is 1. The molecule has 104 valence electrons. The lowest BCUT2D eigenvalue weighted by atomic mass is 10.1. The SMILES string of the molecule is CCCNC(c1csc(I)c1)c1ccc(COC)o1. The van der Waals surface area contributed by atoms with E-state index in [2.05, 4.69) is 46.3 Å². The number of halogens is 1. The molecule has 0 aromatic carbocycles. The van der Waals surface area contributed by atoms with E-state index in [9.17, 15) is 0 Å². The van der Waals surface area contributed by atoms with Crippen LogP contribution in [0.3, 0.4) is 0 Å². The summed E-state index contributed by atoms with van der Waals surface area (Å²) in [5.41, 5.74) is 1.26. The summed E-state index contributed by atoms with van der Waals surface area (Å²) in [6.07, 6.45) is 1.10. The molecule has 5 heteroatoms. The van der Waals surface area contributed by atoms with Crippen molar-refractivity contribution in [1.82, 2.24) is 5.32 Å². The molecule has 0 spiro atoms. The van der Waals surface area contributed by atoms with E-state index in [1.165, 1.54) is 8.45 Å². The summed E-state index contributed by atoms with van der Waals surface area (Å²) in [4.78, 5) is 0. The Hall–Kier alpha value is -0.370. The number of ether oxygens (including phenoxy) is 1. The number of rotatable bonds is 7. The summed E-state index contributed by atoms with van der Waals surface area (Å²) in [5.74, 6) is 1.82. The average Bonchev–Trinajstić information content (AvgIpc) is 3.01. The van der Waals surface area contributed by atoms with Crippen LogP contribution in [-0.2, 0) is 11.3 Å². The molecule has 0 amide bonds. The lowest BCUT2D eigenvalue weighted by molar-refractivity contribution is 0.162. The Balaban J connectivity index is 2.20. The summed E-state index contributed by atoms with van der Waals surface area (Å²) in [6.45, 7) is 3.65. The van der Waals surface area contributed by atoms with Crippen molar-refractivity contribution in [2.24, 2.45) is 0 Å². The molecule has 0 saturated heterocycles. The van der Waals surface area contributed by atoms with Gasteiger partial charge in [0, 0.05) is 7.11 Å². The molecule has 2 aromatic heterocycles. The summed E-state index contributed by atoms with van der Waals surface area (Å²) in [6, 6.07) is 6.35. The quantitative estimate of drug-likeness (QED) is 0.720. The number of hydrogen-bond donors (Lipinski definition) is 1. The highest BCUT2D eigenvalue weighted by Gasteiger charge is 2.18. The minimum absolute atomic E-state index is 0.130. The van der Waals surface area contributed by atoms with Crippen molar-refractivity contribution in [3.63, 3.8) is 0 Å². The van der Waals surface area contributed by atoms with Gasteiger partial charge in [-0.05, 0) is 64.7 Å². The van der Waals surface area contributed by atoms with Gasteiger partial charge in [0.1, 0.15) is 18.1 Å². The molecule has 0 fully saturated rings. The Morgan fingerprint density at radius 1 is 1.47 bits per heavy atom. The number of furan rings is 1. The first-order valence-corrected chi connectivity index (χ1v) is 8.25. The molecule has 3 nitrogen and oxygen atoms in total. The second-order valence-electron chi connectivity index (χ2n) is 4.31. The molecule has 2 aromatic rings. The largest absolute Gasteiger partial charge is 0.462 e. The molecule has 2 heterocycles. The Morgan fingerprint density at radius 3 is 2.95 bits per heavy atom. The van der Waals surface area contributed by atoms with Crippen LogP contribution >= 0.6 is 33.9 Å². The van der Waals surface area contributed by atoms with Crippen LogP contribution in [0, 0.1) is 2.88 Å². The van der Waals surface area contributed by atoms with E-state index in [0.717, 1.165) is 24.5 Å².